The van der Waals surface area contributed by atoms with E-state index in [1.807, 2.05) is 0 Å². The van der Waals surface area contributed by atoms with E-state index in [4.69, 9.17) is 4.74 Å². The van der Waals surface area contributed by atoms with E-state index < -0.39 is 0 Å². The number of anilines is 1. The molecule has 0 atom stereocenters. The number of ether oxygens (including phenoxy) is 1. The van der Waals surface area contributed by atoms with Gasteiger partial charge < -0.3 is 15.0 Å². The number of rotatable bonds is 6. The van der Waals surface area contributed by atoms with Gasteiger partial charge in [0, 0.05) is 31.9 Å². The fourth-order valence-corrected chi connectivity index (χ4v) is 2.32. The monoisotopic (exact) mass is 276 g/mol. The van der Waals surface area contributed by atoms with Crippen molar-refractivity contribution in [2.45, 2.75) is 33.7 Å². The van der Waals surface area contributed by atoms with E-state index in [-0.39, 0.29) is 0 Å². The highest BCUT2D eigenvalue weighted by molar-refractivity contribution is 5.47. The van der Waals surface area contributed by atoms with Gasteiger partial charge in [0.05, 0.1) is 13.2 Å². The molecule has 1 saturated heterocycles. The summed E-state index contributed by atoms with van der Waals surface area (Å²) in [7, 11) is 0. The van der Waals surface area contributed by atoms with Crippen LogP contribution in [0.1, 0.15) is 32.8 Å². The first-order valence-electron chi connectivity index (χ1n) is 7.73. The lowest BCUT2D eigenvalue weighted by Gasteiger charge is -2.29. The van der Waals surface area contributed by atoms with Gasteiger partial charge in [0.1, 0.15) is 0 Å². The highest BCUT2D eigenvalue weighted by Gasteiger charge is 2.14. The van der Waals surface area contributed by atoms with Gasteiger partial charge in [-0.05, 0) is 29.5 Å². The smallest absolute Gasteiger partial charge is 0.0642 e. The highest BCUT2D eigenvalue weighted by atomic mass is 16.5. The molecule has 1 heterocycles. The van der Waals surface area contributed by atoms with Gasteiger partial charge in [0.15, 0.2) is 0 Å². The average molecular weight is 276 g/mol. The van der Waals surface area contributed by atoms with E-state index in [9.17, 15) is 0 Å². The molecular weight excluding hydrogens is 248 g/mol. The lowest BCUT2D eigenvalue weighted by atomic mass is 9.90. The predicted molar refractivity (Wildman–Crippen MR) is 85.3 cm³/mol. The van der Waals surface area contributed by atoms with Crippen molar-refractivity contribution >= 4 is 5.69 Å². The molecule has 1 fully saturated rings. The highest BCUT2D eigenvalue weighted by Crippen LogP contribution is 2.19. The fourth-order valence-electron chi connectivity index (χ4n) is 2.32. The first-order chi connectivity index (χ1) is 9.61. The maximum Gasteiger partial charge on any atom is 0.0642 e. The maximum absolute atomic E-state index is 5.39. The average Bonchev–Trinajstić information content (AvgIpc) is 2.49. The molecule has 0 unspecified atom stereocenters. The van der Waals surface area contributed by atoms with Crippen molar-refractivity contribution < 1.29 is 4.74 Å². The number of nitrogens with zero attached hydrogens (tertiary/aromatic N) is 1. The third-order valence-corrected chi connectivity index (χ3v) is 4.20. The van der Waals surface area contributed by atoms with Crippen LogP contribution in [-0.4, -0.2) is 32.8 Å². The third-order valence-electron chi connectivity index (χ3n) is 4.20. The zero-order valence-electron chi connectivity index (χ0n) is 13.1. The van der Waals surface area contributed by atoms with Crippen molar-refractivity contribution in [2.24, 2.45) is 5.41 Å². The minimum Gasteiger partial charge on any atom is -0.378 e. The van der Waals surface area contributed by atoms with Crippen LogP contribution in [0.4, 0.5) is 5.69 Å². The Bertz CT molecular complexity index is 394. The van der Waals surface area contributed by atoms with E-state index >= 15 is 0 Å². The quantitative estimate of drug-likeness (QED) is 0.864. The molecule has 0 bridgehead atoms. The van der Waals surface area contributed by atoms with Crippen LogP contribution in [0.2, 0.25) is 0 Å². The Balaban J connectivity index is 1.82. The van der Waals surface area contributed by atoms with Crippen molar-refractivity contribution in [3.8, 4) is 0 Å². The maximum atomic E-state index is 5.39. The standard InChI is InChI=1S/C17H28N2O/c1-4-17(2,3)14-18-13-15-5-7-16(8-6-15)19-9-11-20-12-10-19/h5-8,18H,4,9-14H2,1-3H3. The molecular formula is C17H28N2O. The number of nitrogens with one attached hydrogen (secondary N) is 1. The largest absolute Gasteiger partial charge is 0.378 e. The summed E-state index contributed by atoms with van der Waals surface area (Å²) >= 11 is 0. The lowest BCUT2D eigenvalue weighted by molar-refractivity contribution is 0.122. The predicted octanol–water partition coefficient (Wildman–Crippen LogP) is 3.05. The number of hydrogen-bond donors (Lipinski definition) is 1. The van der Waals surface area contributed by atoms with E-state index in [1.54, 1.807) is 0 Å². The van der Waals surface area contributed by atoms with Crippen molar-refractivity contribution in [3.05, 3.63) is 29.8 Å². The number of morpholine rings is 1. The second-order valence-corrected chi connectivity index (χ2v) is 6.39. The van der Waals surface area contributed by atoms with Crippen LogP contribution in [0.15, 0.2) is 24.3 Å². The van der Waals surface area contributed by atoms with E-state index in [0.717, 1.165) is 39.4 Å². The molecule has 112 valence electrons. The normalized spacial score (nSPS) is 16.4. The fraction of sp³-hybridized carbons (Fsp3) is 0.647. The number of benzene rings is 1. The van der Waals surface area contributed by atoms with Gasteiger partial charge in [-0.1, -0.05) is 32.9 Å². The van der Waals surface area contributed by atoms with E-state index in [2.05, 4.69) is 55.3 Å². The van der Waals surface area contributed by atoms with Gasteiger partial charge >= 0.3 is 0 Å². The minimum absolute atomic E-state index is 0.383. The third kappa shape index (κ3) is 4.50. The second kappa shape index (κ2) is 7.09. The number of hydrogen-bond acceptors (Lipinski definition) is 3. The van der Waals surface area contributed by atoms with Gasteiger partial charge in [-0.3, -0.25) is 0 Å². The van der Waals surface area contributed by atoms with Gasteiger partial charge in [-0.2, -0.15) is 0 Å². The summed E-state index contributed by atoms with van der Waals surface area (Å²) in [5.41, 5.74) is 3.05. The Morgan fingerprint density at radius 2 is 1.80 bits per heavy atom. The lowest BCUT2D eigenvalue weighted by Crippen LogP contribution is -2.36. The minimum atomic E-state index is 0.383. The Labute approximate surface area is 123 Å². The molecule has 0 aliphatic carbocycles. The molecule has 3 heteroatoms. The summed E-state index contributed by atoms with van der Waals surface area (Å²) < 4.78 is 5.39. The molecule has 0 saturated carbocycles. The van der Waals surface area contributed by atoms with Gasteiger partial charge in [-0.15, -0.1) is 0 Å². The molecule has 3 nitrogen and oxygen atoms in total. The molecule has 0 spiro atoms. The van der Waals surface area contributed by atoms with Crippen LogP contribution in [0.5, 0.6) is 0 Å². The van der Waals surface area contributed by atoms with Crippen molar-refractivity contribution in [3.63, 3.8) is 0 Å². The van der Waals surface area contributed by atoms with Crippen LogP contribution >= 0.6 is 0 Å². The molecule has 1 aromatic carbocycles. The molecule has 1 aliphatic rings. The van der Waals surface area contributed by atoms with E-state index in [0.29, 0.717) is 5.41 Å². The van der Waals surface area contributed by atoms with Crippen LogP contribution in [-0.2, 0) is 11.3 Å². The van der Waals surface area contributed by atoms with Gasteiger partial charge in [0.25, 0.3) is 0 Å². The summed E-state index contributed by atoms with van der Waals surface area (Å²) in [6, 6.07) is 8.92. The summed E-state index contributed by atoms with van der Waals surface area (Å²) in [6.45, 7) is 12.6. The molecule has 0 amide bonds. The summed E-state index contributed by atoms with van der Waals surface area (Å²) in [4.78, 5) is 2.39. The Hall–Kier alpha value is -1.06. The molecule has 0 aromatic heterocycles. The zero-order chi connectivity index (χ0) is 14.4. The van der Waals surface area contributed by atoms with Crippen molar-refractivity contribution in [2.75, 3.05) is 37.7 Å². The van der Waals surface area contributed by atoms with E-state index in [1.165, 1.54) is 17.7 Å². The van der Waals surface area contributed by atoms with Gasteiger partial charge in [0.2, 0.25) is 0 Å². The molecule has 20 heavy (non-hydrogen) atoms. The van der Waals surface area contributed by atoms with Crippen molar-refractivity contribution in [1.29, 1.82) is 0 Å². The summed E-state index contributed by atoms with van der Waals surface area (Å²) in [6.07, 6.45) is 1.20. The van der Waals surface area contributed by atoms with Crippen LogP contribution < -0.4 is 10.2 Å². The summed E-state index contributed by atoms with van der Waals surface area (Å²) in [5, 5.41) is 3.56. The molecule has 1 aromatic rings. The SMILES string of the molecule is CCC(C)(C)CNCc1ccc(N2CCOCC2)cc1. The zero-order valence-corrected chi connectivity index (χ0v) is 13.1. The molecule has 2 rings (SSSR count). The second-order valence-electron chi connectivity index (χ2n) is 6.39. The van der Waals surface area contributed by atoms with Crippen LogP contribution in [0.25, 0.3) is 0 Å². The Morgan fingerprint density at radius 3 is 2.40 bits per heavy atom. The van der Waals surface area contributed by atoms with Gasteiger partial charge in [-0.25, -0.2) is 0 Å². The molecule has 1 N–H and O–H groups in total. The summed E-state index contributed by atoms with van der Waals surface area (Å²) in [5.74, 6) is 0. The van der Waals surface area contributed by atoms with Crippen LogP contribution in [0, 0.1) is 5.41 Å². The Kier molecular flexibility index (Phi) is 5.44. The molecule has 1 aliphatic heterocycles. The topological polar surface area (TPSA) is 24.5 Å². The van der Waals surface area contributed by atoms with Crippen LogP contribution in [0.3, 0.4) is 0 Å². The first-order valence-corrected chi connectivity index (χ1v) is 7.73. The Morgan fingerprint density at radius 1 is 1.15 bits per heavy atom. The van der Waals surface area contributed by atoms with Crippen molar-refractivity contribution in [1.82, 2.24) is 5.32 Å². The molecule has 0 radical (unpaired) electrons. The first kappa shape index (κ1) is 15.3.